The van der Waals surface area contributed by atoms with Gasteiger partial charge in [0.25, 0.3) is 0 Å². The Morgan fingerprint density at radius 2 is 1.86 bits per heavy atom. The van der Waals surface area contributed by atoms with E-state index >= 15 is 0 Å². The summed E-state index contributed by atoms with van der Waals surface area (Å²) in [5.74, 6) is 1.02. The molecule has 3 aromatic rings. The fourth-order valence-electron chi connectivity index (χ4n) is 2.55. The summed E-state index contributed by atoms with van der Waals surface area (Å²) in [4.78, 5) is 3.39. The normalized spacial score (nSPS) is 10.9. The molecule has 0 amide bonds. The summed E-state index contributed by atoms with van der Waals surface area (Å²) in [6.07, 6.45) is 1.05. The number of para-hydroxylation sites is 3. The van der Waals surface area contributed by atoms with Gasteiger partial charge in [-0.2, -0.15) is 0 Å². The average molecular weight is 281 g/mol. The standard InChI is InChI=1S/C17H19N3O/c1-2-11-20-15-9-5-4-8-14(15)19-17(20)18-12-13-7-3-6-10-16(13)21/h3-10H,2,11-12H2,1H3,(H2,18,19,21). The number of H-pyrrole nitrogens is 1. The van der Waals surface area contributed by atoms with E-state index in [9.17, 15) is 5.11 Å². The summed E-state index contributed by atoms with van der Waals surface area (Å²) < 4.78 is 2.22. The molecule has 0 atom stereocenters. The smallest absolute Gasteiger partial charge is 0.356 e. The summed E-state index contributed by atoms with van der Waals surface area (Å²) in [6.45, 7) is 3.62. The van der Waals surface area contributed by atoms with E-state index in [2.05, 4.69) is 33.9 Å². The number of imidazole rings is 1. The number of hydrogen-bond acceptors (Lipinski definition) is 2. The minimum absolute atomic E-state index is 0.0724. The third kappa shape index (κ3) is 2.70. The molecule has 0 unspecified atom stereocenters. The van der Waals surface area contributed by atoms with Gasteiger partial charge in [-0.1, -0.05) is 43.3 Å². The van der Waals surface area contributed by atoms with E-state index in [1.807, 2.05) is 24.3 Å². The minimum atomic E-state index is 0.0724. The van der Waals surface area contributed by atoms with Gasteiger partial charge in [0, 0.05) is 0 Å². The third-order valence-electron chi connectivity index (χ3n) is 3.58. The van der Waals surface area contributed by atoms with Crippen molar-refractivity contribution in [1.82, 2.24) is 4.98 Å². The highest BCUT2D eigenvalue weighted by molar-refractivity contribution is 5.72. The van der Waals surface area contributed by atoms with E-state index in [0.29, 0.717) is 6.54 Å². The lowest BCUT2D eigenvalue weighted by Crippen LogP contribution is -2.35. The van der Waals surface area contributed by atoms with Gasteiger partial charge < -0.3 is 5.11 Å². The molecule has 0 spiro atoms. The molecule has 1 heterocycles. The number of benzene rings is 2. The first-order chi connectivity index (χ1) is 10.3. The lowest BCUT2D eigenvalue weighted by atomic mass is 10.2. The highest BCUT2D eigenvalue weighted by Crippen LogP contribution is 2.16. The van der Waals surface area contributed by atoms with Crippen LogP contribution in [0.4, 0.5) is 5.95 Å². The Kier molecular flexibility index (Phi) is 3.77. The van der Waals surface area contributed by atoms with E-state index in [0.717, 1.165) is 30.0 Å². The van der Waals surface area contributed by atoms with Crippen molar-refractivity contribution in [3.05, 3.63) is 54.1 Å². The van der Waals surface area contributed by atoms with Crippen molar-refractivity contribution < 1.29 is 9.67 Å². The number of aromatic amines is 1. The molecule has 0 aliphatic heterocycles. The number of anilines is 1. The van der Waals surface area contributed by atoms with Gasteiger partial charge in [0.1, 0.15) is 11.0 Å². The number of hydrogen-bond donors (Lipinski definition) is 2. The zero-order valence-corrected chi connectivity index (χ0v) is 12.1. The Morgan fingerprint density at radius 3 is 2.67 bits per heavy atom. The van der Waals surface area contributed by atoms with Crippen LogP contribution < -0.4 is 15.0 Å². The molecule has 0 saturated carbocycles. The molecule has 0 bridgehead atoms. The SMILES string of the molecule is CCC[n+]1c(NCc2ccccc2[O-])[nH]c2ccccc21. The molecule has 0 radical (unpaired) electrons. The number of fused-ring (bicyclic) bond motifs is 1. The molecule has 3 rings (SSSR count). The molecular formula is C17H19N3O. The predicted octanol–water partition coefficient (Wildman–Crippen LogP) is 2.55. The second kappa shape index (κ2) is 5.87. The molecule has 21 heavy (non-hydrogen) atoms. The summed E-state index contributed by atoms with van der Waals surface area (Å²) in [7, 11) is 0. The molecule has 1 aromatic heterocycles. The first-order valence-electron chi connectivity index (χ1n) is 7.29. The number of nitrogens with one attached hydrogen (secondary N) is 2. The molecular weight excluding hydrogens is 262 g/mol. The first-order valence-corrected chi connectivity index (χ1v) is 7.29. The topological polar surface area (TPSA) is 54.8 Å². The van der Waals surface area contributed by atoms with Crippen LogP contribution in [0.15, 0.2) is 48.5 Å². The molecule has 4 heteroatoms. The first kappa shape index (κ1) is 13.5. The van der Waals surface area contributed by atoms with Gasteiger partial charge in [0.2, 0.25) is 0 Å². The van der Waals surface area contributed by atoms with Crippen molar-refractivity contribution in [2.75, 3.05) is 5.32 Å². The predicted molar refractivity (Wildman–Crippen MR) is 82.0 cm³/mol. The summed E-state index contributed by atoms with van der Waals surface area (Å²) in [6, 6.07) is 15.4. The summed E-state index contributed by atoms with van der Waals surface area (Å²) in [5, 5.41) is 15.1. The van der Waals surface area contributed by atoms with Gasteiger partial charge in [-0.25, -0.2) is 9.55 Å². The minimum Gasteiger partial charge on any atom is -0.872 e. The molecule has 4 nitrogen and oxygen atoms in total. The monoisotopic (exact) mass is 281 g/mol. The number of aryl methyl sites for hydroxylation is 1. The zero-order chi connectivity index (χ0) is 14.7. The van der Waals surface area contributed by atoms with Crippen LogP contribution in [-0.4, -0.2) is 4.98 Å². The van der Waals surface area contributed by atoms with Crippen LogP contribution in [0.5, 0.6) is 5.75 Å². The van der Waals surface area contributed by atoms with Crippen molar-refractivity contribution in [2.45, 2.75) is 26.4 Å². The maximum absolute atomic E-state index is 11.8. The van der Waals surface area contributed by atoms with E-state index in [1.165, 1.54) is 5.52 Å². The Morgan fingerprint density at radius 1 is 1.10 bits per heavy atom. The van der Waals surface area contributed by atoms with Crippen molar-refractivity contribution in [3.63, 3.8) is 0 Å². The van der Waals surface area contributed by atoms with Crippen LogP contribution in [-0.2, 0) is 13.1 Å². The summed E-state index contributed by atoms with van der Waals surface area (Å²) >= 11 is 0. The maximum atomic E-state index is 11.8. The Balaban J connectivity index is 1.89. The van der Waals surface area contributed by atoms with Crippen molar-refractivity contribution in [2.24, 2.45) is 0 Å². The Bertz CT molecular complexity index is 749. The Hall–Kier alpha value is -2.49. The van der Waals surface area contributed by atoms with Crippen LogP contribution in [0.25, 0.3) is 11.0 Å². The zero-order valence-electron chi connectivity index (χ0n) is 12.1. The van der Waals surface area contributed by atoms with Crippen LogP contribution in [0.3, 0.4) is 0 Å². The van der Waals surface area contributed by atoms with Gasteiger partial charge in [-0.05, 0) is 24.1 Å². The fourth-order valence-corrected chi connectivity index (χ4v) is 2.55. The Labute approximate surface area is 124 Å². The molecule has 0 saturated heterocycles. The van der Waals surface area contributed by atoms with E-state index in [4.69, 9.17) is 0 Å². The lowest BCUT2D eigenvalue weighted by Gasteiger charge is -2.11. The van der Waals surface area contributed by atoms with Gasteiger partial charge in [0.15, 0.2) is 0 Å². The molecule has 2 N–H and O–H groups in total. The van der Waals surface area contributed by atoms with E-state index in [-0.39, 0.29) is 5.75 Å². The van der Waals surface area contributed by atoms with Gasteiger partial charge in [-0.15, -0.1) is 5.75 Å². The van der Waals surface area contributed by atoms with Crippen molar-refractivity contribution >= 4 is 17.0 Å². The third-order valence-corrected chi connectivity index (χ3v) is 3.58. The molecule has 2 aromatic carbocycles. The summed E-state index contributed by atoms with van der Waals surface area (Å²) in [5.41, 5.74) is 3.06. The van der Waals surface area contributed by atoms with Crippen LogP contribution in [0, 0.1) is 0 Å². The van der Waals surface area contributed by atoms with Gasteiger partial charge in [-0.3, -0.25) is 5.32 Å². The molecule has 108 valence electrons. The largest absolute Gasteiger partial charge is 0.872 e. The number of rotatable bonds is 5. The van der Waals surface area contributed by atoms with Gasteiger partial charge >= 0.3 is 5.95 Å². The quantitative estimate of drug-likeness (QED) is 0.706. The molecule has 0 aliphatic carbocycles. The van der Waals surface area contributed by atoms with Crippen LogP contribution in [0.2, 0.25) is 0 Å². The highest BCUT2D eigenvalue weighted by atomic mass is 16.3. The second-order valence-corrected chi connectivity index (χ2v) is 5.10. The van der Waals surface area contributed by atoms with Crippen molar-refractivity contribution in [3.8, 4) is 5.75 Å². The second-order valence-electron chi connectivity index (χ2n) is 5.10. The number of aromatic nitrogens is 2. The van der Waals surface area contributed by atoms with Crippen molar-refractivity contribution in [1.29, 1.82) is 0 Å². The van der Waals surface area contributed by atoms with Gasteiger partial charge in [0.05, 0.1) is 13.1 Å². The van der Waals surface area contributed by atoms with E-state index in [1.54, 1.807) is 12.1 Å². The average Bonchev–Trinajstić information content (AvgIpc) is 2.85. The van der Waals surface area contributed by atoms with Crippen LogP contribution in [0.1, 0.15) is 18.9 Å². The van der Waals surface area contributed by atoms with Crippen LogP contribution >= 0.6 is 0 Å². The molecule has 0 aliphatic rings. The maximum Gasteiger partial charge on any atom is 0.356 e. The lowest BCUT2D eigenvalue weighted by molar-refractivity contribution is -0.657. The fraction of sp³-hybridized carbons (Fsp3) is 0.235. The number of nitrogens with zero attached hydrogens (tertiary/aromatic N) is 1. The van der Waals surface area contributed by atoms with E-state index < -0.39 is 0 Å². The molecule has 0 fully saturated rings. The highest BCUT2D eigenvalue weighted by Gasteiger charge is 2.15.